The molecule has 4 heterocycles. The smallest absolute Gasteiger partial charge is 0.265 e. The number of nitrogens with zero attached hydrogens (tertiary/aromatic N) is 5. The van der Waals surface area contributed by atoms with Crippen molar-refractivity contribution in [2.75, 3.05) is 15.8 Å². The van der Waals surface area contributed by atoms with Gasteiger partial charge in [0.05, 0.1) is 22.8 Å². The number of aromatic nitrogens is 5. The van der Waals surface area contributed by atoms with Gasteiger partial charge in [-0.05, 0) is 42.8 Å². The van der Waals surface area contributed by atoms with Gasteiger partial charge in [-0.25, -0.2) is 23.1 Å². The van der Waals surface area contributed by atoms with Crippen molar-refractivity contribution in [3.63, 3.8) is 0 Å². The third-order valence-corrected chi connectivity index (χ3v) is 9.51. The van der Waals surface area contributed by atoms with Gasteiger partial charge in [-0.15, -0.1) is 11.3 Å². The van der Waals surface area contributed by atoms with E-state index in [0.717, 1.165) is 11.3 Å². The third-order valence-electron chi connectivity index (χ3n) is 6.24. The number of thioether (sulfide) groups is 1. The Bertz CT molecular complexity index is 1860. The highest BCUT2D eigenvalue weighted by molar-refractivity contribution is 7.99. The molecule has 1 unspecified atom stereocenters. The topological polar surface area (TPSA) is 141 Å². The average Bonchev–Trinajstić information content (AvgIpc) is 3.66. The first kappa shape index (κ1) is 25.3. The van der Waals surface area contributed by atoms with Crippen molar-refractivity contribution >= 4 is 60.9 Å². The van der Waals surface area contributed by atoms with E-state index < -0.39 is 10.0 Å². The molecule has 3 aromatic heterocycles. The van der Waals surface area contributed by atoms with Crippen LogP contribution in [-0.2, 0) is 14.8 Å². The molecule has 0 spiro atoms. The predicted octanol–water partition coefficient (Wildman–Crippen LogP) is 3.82. The number of rotatable bonds is 7. The van der Waals surface area contributed by atoms with E-state index in [0.29, 0.717) is 27.6 Å². The van der Waals surface area contributed by atoms with Crippen LogP contribution < -0.4 is 15.6 Å². The van der Waals surface area contributed by atoms with Crippen LogP contribution in [0.25, 0.3) is 16.7 Å². The molecule has 1 atom stereocenters. The molecule has 2 aromatic carbocycles. The van der Waals surface area contributed by atoms with Crippen LogP contribution in [0.4, 0.5) is 10.8 Å². The standard InChI is InChI=1S/C25H21N7O4S3/c1-15-4-2-3-5-20(15)32-22-19(13-27-32)23(34)31-17(14-38-25(31)29-22)12-21(33)28-16-6-8-18(9-7-16)39(35,36)30-24-26-10-11-37-24/h2-11,13,17H,12,14H2,1H3,(H,26,30)(H,28,33). The highest BCUT2D eigenvalue weighted by Gasteiger charge is 2.30. The van der Waals surface area contributed by atoms with E-state index in [1.165, 1.54) is 59.8 Å². The number of sulfonamides is 1. The Morgan fingerprint density at radius 3 is 2.69 bits per heavy atom. The quantitative estimate of drug-likeness (QED) is 0.277. The van der Waals surface area contributed by atoms with Crippen molar-refractivity contribution in [3.8, 4) is 5.69 Å². The lowest BCUT2D eigenvalue weighted by Crippen LogP contribution is -2.27. The predicted molar refractivity (Wildman–Crippen MR) is 150 cm³/mol. The molecule has 0 fully saturated rings. The first-order valence-corrected chi connectivity index (χ1v) is 15.2. The summed E-state index contributed by atoms with van der Waals surface area (Å²) in [6.07, 6.45) is 3.09. The lowest BCUT2D eigenvalue weighted by molar-refractivity contribution is -0.116. The first-order chi connectivity index (χ1) is 18.8. The maximum Gasteiger partial charge on any atom is 0.265 e. The zero-order valence-electron chi connectivity index (χ0n) is 20.4. The molecule has 1 aliphatic heterocycles. The van der Waals surface area contributed by atoms with Gasteiger partial charge in [0, 0.05) is 29.4 Å². The molecule has 0 saturated heterocycles. The Balaban J connectivity index is 1.18. The van der Waals surface area contributed by atoms with Crippen molar-refractivity contribution in [1.29, 1.82) is 0 Å². The summed E-state index contributed by atoms with van der Waals surface area (Å²) in [5.74, 6) is 0.229. The highest BCUT2D eigenvalue weighted by Crippen LogP contribution is 2.34. The fraction of sp³-hybridized carbons (Fsp3) is 0.160. The van der Waals surface area contributed by atoms with Crippen LogP contribution in [0.5, 0.6) is 0 Å². The van der Waals surface area contributed by atoms with Crippen molar-refractivity contribution < 1.29 is 13.2 Å². The summed E-state index contributed by atoms with van der Waals surface area (Å²) in [7, 11) is -3.79. The van der Waals surface area contributed by atoms with Gasteiger partial charge >= 0.3 is 0 Å². The van der Waals surface area contributed by atoms with Crippen LogP contribution in [0.2, 0.25) is 0 Å². The highest BCUT2D eigenvalue weighted by atomic mass is 32.2. The summed E-state index contributed by atoms with van der Waals surface area (Å²) < 4.78 is 30.7. The maximum absolute atomic E-state index is 13.4. The van der Waals surface area contributed by atoms with Crippen LogP contribution >= 0.6 is 23.1 Å². The molecule has 0 saturated carbocycles. The molecule has 198 valence electrons. The SMILES string of the molecule is Cc1ccccc1-n1ncc2c(=O)n3c(nc21)SCC3CC(=O)Nc1ccc(S(=O)(=O)Nc2nccs2)cc1. The number of para-hydroxylation sites is 1. The molecule has 1 amide bonds. The molecule has 0 bridgehead atoms. The Morgan fingerprint density at radius 2 is 1.95 bits per heavy atom. The molecule has 5 aromatic rings. The van der Waals surface area contributed by atoms with Crippen molar-refractivity contribution in [1.82, 2.24) is 24.3 Å². The molecular weight excluding hydrogens is 559 g/mol. The van der Waals surface area contributed by atoms with Crippen LogP contribution in [-0.4, -0.2) is 44.4 Å². The second kappa shape index (κ2) is 9.94. The van der Waals surface area contributed by atoms with Gasteiger partial charge < -0.3 is 5.32 Å². The minimum Gasteiger partial charge on any atom is -0.326 e. The Hall–Kier alpha value is -4.01. The molecule has 0 radical (unpaired) electrons. The monoisotopic (exact) mass is 579 g/mol. The minimum atomic E-state index is -3.79. The third kappa shape index (κ3) is 4.82. The number of anilines is 2. The average molecular weight is 580 g/mol. The number of amides is 1. The lowest BCUT2D eigenvalue weighted by Gasteiger charge is -2.14. The minimum absolute atomic E-state index is 0.0460. The summed E-state index contributed by atoms with van der Waals surface area (Å²) in [6, 6.07) is 13.2. The number of hydrogen-bond acceptors (Lipinski definition) is 9. The van der Waals surface area contributed by atoms with E-state index in [9.17, 15) is 18.0 Å². The Kier molecular flexibility index (Phi) is 6.45. The molecule has 2 N–H and O–H groups in total. The number of hydrogen-bond donors (Lipinski definition) is 2. The van der Waals surface area contributed by atoms with E-state index >= 15 is 0 Å². The van der Waals surface area contributed by atoms with Gasteiger partial charge in [0.2, 0.25) is 5.91 Å². The van der Waals surface area contributed by atoms with Crippen molar-refractivity contribution in [2.45, 2.75) is 29.4 Å². The number of thiazole rings is 1. The van der Waals surface area contributed by atoms with E-state index in [-0.39, 0.29) is 34.0 Å². The second-order valence-corrected chi connectivity index (χ2v) is 12.4. The molecule has 1 aliphatic rings. The van der Waals surface area contributed by atoms with Crippen LogP contribution in [0.3, 0.4) is 0 Å². The summed E-state index contributed by atoms with van der Waals surface area (Å²) >= 11 is 2.60. The second-order valence-electron chi connectivity index (χ2n) is 8.83. The normalized spacial score (nSPS) is 14.8. The van der Waals surface area contributed by atoms with E-state index in [2.05, 4.69) is 20.1 Å². The number of fused-ring (bicyclic) bond motifs is 2. The van der Waals surface area contributed by atoms with Crippen molar-refractivity contribution in [3.05, 3.63) is 82.2 Å². The fourth-order valence-electron chi connectivity index (χ4n) is 4.35. The van der Waals surface area contributed by atoms with Crippen LogP contribution in [0.1, 0.15) is 18.0 Å². The fourth-order valence-corrected chi connectivity index (χ4v) is 7.27. The van der Waals surface area contributed by atoms with Crippen LogP contribution in [0.15, 0.2) is 81.2 Å². The van der Waals surface area contributed by atoms with Gasteiger partial charge in [0.1, 0.15) is 5.39 Å². The molecular formula is C25H21N7O4S3. The zero-order valence-corrected chi connectivity index (χ0v) is 22.9. The van der Waals surface area contributed by atoms with Crippen LogP contribution in [0, 0.1) is 6.92 Å². The number of carbonyl (C=O) groups is 1. The zero-order chi connectivity index (χ0) is 27.1. The van der Waals surface area contributed by atoms with Gasteiger partial charge in [-0.2, -0.15) is 5.10 Å². The molecule has 39 heavy (non-hydrogen) atoms. The largest absolute Gasteiger partial charge is 0.326 e. The maximum atomic E-state index is 13.4. The number of carbonyl (C=O) groups excluding carboxylic acids is 1. The van der Waals surface area contributed by atoms with E-state index in [1.807, 2.05) is 31.2 Å². The Labute approximate surface area is 231 Å². The van der Waals surface area contributed by atoms with Gasteiger partial charge in [0.25, 0.3) is 15.6 Å². The summed E-state index contributed by atoms with van der Waals surface area (Å²) in [5.41, 5.74) is 2.55. The van der Waals surface area contributed by atoms with Gasteiger partial charge in [0.15, 0.2) is 15.9 Å². The summed E-state index contributed by atoms with van der Waals surface area (Å²) in [6.45, 7) is 1.97. The summed E-state index contributed by atoms with van der Waals surface area (Å²) in [5, 5.41) is 10.1. The number of benzene rings is 2. The molecule has 14 heteroatoms. The molecule has 11 nitrogen and oxygen atoms in total. The number of aryl methyl sites for hydroxylation is 1. The van der Waals surface area contributed by atoms with E-state index in [4.69, 9.17) is 4.98 Å². The number of nitrogens with one attached hydrogen (secondary N) is 2. The summed E-state index contributed by atoms with van der Waals surface area (Å²) in [4.78, 5) is 35.0. The van der Waals surface area contributed by atoms with Gasteiger partial charge in [-0.3, -0.25) is 18.9 Å². The van der Waals surface area contributed by atoms with Crippen molar-refractivity contribution in [2.24, 2.45) is 0 Å². The first-order valence-electron chi connectivity index (χ1n) is 11.8. The van der Waals surface area contributed by atoms with E-state index in [1.54, 1.807) is 14.6 Å². The lowest BCUT2D eigenvalue weighted by atomic mass is 10.2. The Morgan fingerprint density at radius 1 is 1.15 bits per heavy atom. The van der Waals surface area contributed by atoms with Gasteiger partial charge in [-0.1, -0.05) is 30.0 Å². The molecule has 0 aliphatic carbocycles. The molecule has 6 rings (SSSR count).